The van der Waals surface area contributed by atoms with Gasteiger partial charge in [-0.05, 0) is 38.4 Å². The van der Waals surface area contributed by atoms with Gasteiger partial charge in [0, 0.05) is 32.4 Å². The van der Waals surface area contributed by atoms with Gasteiger partial charge in [-0.25, -0.2) is 22.2 Å². The molecule has 0 spiro atoms. The Kier molecular flexibility index (Phi) is 5.91. The SMILES string of the molecule is CN(C)CCN(C)c1ccc(S(=O)(=O)Nc2ccc(F)c(F)c2)cn1. The van der Waals surface area contributed by atoms with E-state index < -0.39 is 21.7 Å². The van der Waals surface area contributed by atoms with Crippen LogP contribution >= 0.6 is 0 Å². The molecule has 0 fully saturated rings. The number of pyridine rings is 1. The van der Waals surface area contributed by atoms with Crippen LogP contribution in [0, 0.1) is 11.6 Å². The molecule has 1 heterocycles. The summed E-state index contributed by atoms with van der Waals surface area (Å²) in [5.41, 5.74) is -0.0638. The number of nitrogens with zero attached hydrogens (tertiary/aromatic N) is 3. The van der Waals surface area contributed by atoms with E-state index in [4.69, 9.17) is 0 Å². The Morgan fingerprint density at radius 1 is 1.04 bits per heavy atom. The molecular formula is C16H20F2N4O2S. The molecule has 0 aliphatic rings. The van der Waals surface area contributed by atoms with E-state index in [9.17, 15) is 17.2 Å². The molecular weight excluding hydrogens is 350 g/mol. The number of benzene rings is 1. The molecule has 0 unspecified atom stereocenters. The maximum absolute atomic E-state index is 13.2. The van der Waals surface area contributed by atoms with Crippen LogP contribution in [0.1, 0.15) is 0 Å². The van der Waals surface area contributed by atoms with Gasteiger partial charge in [-0.3, -0.25) is 4.72 Å². The lowest BCUT2D eigenvalue weighted by Crippen LogP contribution is -2.29. The lowest BCUT2D eigenvalue weighted by molar-refractivity contribution is 0.416. The van der Waals surface area contributed by atoms with Crippen molar-refractivity contribution in [2.75, 3.05) is 43.9 Å². The van der Waals surface area contributed by atoms with E-state index >= 15 is 0 Å². The van der Waals surface area contributed by atoms with E-state index in [0.29, 0.717) is 5.82 Å². The van der Waals surface area contributed by atoms with Crippen LogP contribution in [0.4, 0.5) is 20.3 Å². The zero-order valence-electron chi connectivity index (χ0n) is 14.2. The van der Waals surface area contributed by atoms with Crippen LogP contribution in [0.5, 0.6) is 0 Å². The first kappa shape index (κ1) is 19.1. The minimum absolute atomic E-state index is 0.0638. The molecule has 0 saturated heterocycles. The molecule has 1 N–H and O–H groups in total. The molecule has 1 aromatic heterocycles. The minimum atomic E-state index is -3.94. The predicted molar refractivity (Wildman–Crippen MR) is 93.2 cm³/mol. The van der Waals surface area contributed by atoms with Gasteiger partial charge in [0.15, 0.2) is 11.6 Å². The average Bonchev–Trinajstić information content (AvgIpc) is 2.56. The molecule has 0 bridgehead atoms. The van der Waals surface area contributed by atoms with Crippen LogP contribution < -0.4 is 9.62 Å². The van der Waals surface area contributed by atoms with Crippen molar-refractivity contribution in [1.82, 2.24) is 9.88 Å². The molecule has 1 aromatic carbocycles. The summed E-state index contributed by atoms with van der Waals surface area (Å²) in [6.07, 6.45) is 1.23. The minimum Gasteiger partial charge on any atom is -0.358 e. The quantitative estimate of drug-likeness (QED) is 0.809. The second kappa shape index (κ2) is 7.75. The third-order valence-corrected chi connectivity index (χ3v) is 4.84. The zero-order chi connectivity index (χ0) is 18.6. The molecule has 0 atom stereocenters. The van der Waals surface area contributed by atoms with Crippen molar-refractivity contribution in [1.29, 1.82) is 0 Å². The van der Waals surface area contributed by atoms with Crippen LogP contribution in [0.15, 0.2) is 41.4 Å². The van der Waals surface area contributed by atoms with Crippen molar-refractivity contribution in [2.45, 2.75) is 4.90 Å². The number of sulfonamides is 1. The number of nitrogens with one attached hydrogen (secondary N) is 1. The van der Waals surface area contributed by atoms with Crippen molar-refractivity contribution in [3.63, 3.8) is 0 Å². The number of aromatic nitrogens is 1. The van der Waals surface area contributed by atoms with Crippen LogP contribution in [0.3, 0.4) is 0 Å². The Hall–Kier alpha value is -2.26. The van der Waals surface area contributed by atoms with E-state index in [0.717, 1.165) is 31.3 Å². The highest BCUT2D eigenvalue weighted by Crippen LogP contribution is 2.19. The largest absolute Gasteiger partial charge is 0.358 e. The van der Waals surface area contributed by atoms with Crippen LogP contribution in [-0.4, -0.2) is 52.5 Å². The molecule has 9 heteroatoms. The van der Waals surface area contributed by atoms with Crippen molar-refractivity contribution in [3.05, 3.63) is 48.2 Å². The normalized spacial score (nSPS) is 11.6. The number of rotatable bonds is 7. The van der Waals surface area contributed by atoms with Gasteiger partial charge < -0.3 is 9.80 Å². The number of hydrogen-bond donors (Lipinski definition) is 1. The molecule has 2 aromatic rings. The summed E-state index contributed by atoms with van der Waals surface area (Å²) in [7, 11) is 1.84. The van der Waals surface area contributed by atoms with Gasteiger partial charge in [0.1, 0.15) is 10.7 Å². The fourth-order valence-corrected chi connectivity index (χ4v) is 2.99. The van der Waals surface area contributed by atoms with E-state index in [1.807, 2.05) is 30.9 Å². The van der Waals surface area contributed by atoms with Crippen molar-refractivity contribution >= 4 is 21.5 Å². The molecule has 0 saturated carbocycles. The molecule has 2 rings (SSSR count). The smallest absolute Gasteiger partial charge is 0.263 e. The first-order chi connectivity index (χ1) is 11.7. The number of halogens is 2. The lowest BCUT2D eigenvalue weighted by atomic mass is 10.3. The monoisotopic (exact) mass is 370 g/mol. The molecule has 0 aliphatic heterocycles. The van der Waals surface area contributed by atoms with Gasteiger partial charge in [0.25, 0.3) is 10.0 Å². The highest BCUT2D eigenvalue weighted by Gasteiger charge is 2.16. The first-order valence-corrected chi connectivity index (χ1v) is 8.97. The summed E-state index contributed by atoms with van der Waals surface area (Å²) >= 11 is 0. The molecule has 0 radical (unpaired) electrons. The van der Waals surface area contributed by atoms with Gasteiger partial charge in [0.2, 0.25) is 0 Å². The summed E-state index contributed by atoms with van der Waals surface area (Å²) in [4.78, 5) is 8.01. The van der Waals surface area contributed by atoms with Crippen LogP contribution in [0.25, 0.3) is 0 Å². The van der Waals surface area contributed by atoms with Crippen LogP contribution in [0.2, 0.25) is 0 Å². The Morgan fingerprint density at radius 3 is 2.32 bits per heavy atom. The Labute approximate surface area is 146 Å². The van der Waals surface area contributed by atoms with Crippen molar-refractivity contribution in [3.8, 4) is 0 Å². The van der Waals surface area contributed by atoms with Gasteiger partial charge in [-0.15, -0.1) is 0 Å². The lowest BCUT2D eigenvalue weighted by Gasteiger charge is -2.20. The summed E-state index contributed by atoms with van der Waals surface area (Å²) in [6, 6.07) is 5.79. The predicted octanol–water partition coefficient (Wildman–Crippen LogP) is 2.16. The summed E-state index contributed by atoms with van der Waals surface area (Å²) in [5.74, 6) is -1.54. The van der Waals surface area contributed by atoms with Crippen molar-refractivity contribution in [2.24, 2.45) is 0 Å². The van der Waals surface area contributed by atoms with Gasteiger partial charge >= 0.3 is 0 Å². The molecule has 136 valence electrons. The van der Waals surface area contributed by atoms with E-state index in [2.05, 4.69) is 9.71 Å². The Balaban J connectivity index is 2.13. The molecule has 6 nitrogen and oxygen atoms in total. The number of likely N-dealkylation sites (N-methyl/N-ethyl adjacent to an activating group) is 2. The Morgan fingerprint density at radius 2 is 1.76 bits per heavy atom. The highest BCUT2D eigenvalue weighted by atomic mass is 32.2. The molecule has 0 aliphatic carbocycles. The van der Waals surface area contributed by atoms with Gasteiger partial charge in [-0.2, -0.15) is 0 Å². The zero-order valence-corrected chi connectivity index (χ0v) is 15.0. The fraction of sp³-hybridized carbons (Fsp3) is 0.312. The van der Waals surface area contributed by atoms with Crippen LogP contribution in [-0.2, 0) is 10.0 Å². The third-order valence-electron chi connectivity index (χ3n) is 3.48. The third kappa shape index (κ3) is 5.10. The second-order valence-electron chi connectivity index (χ2n) is 5.81. The number of hydrogen-bond acceptors (Lipinski definition) is 5. The second-order valence-corrected chi connectivity index (χ2v) is 7.49. The highest BCUT2D eigenvalue weighted by molar-refractivity contribution is 7.92. The maximum Gasteiger partial charge on any atom is 0.263 e. The standard InChI is InChI=1S/C16H20F2N4O2S/c1-21(2)8-9-22(3)16-7-5-13(11-19-16)25(23,24)20-12-4-6-14(17)15(18)10-12/h4-7,10-11,20H,8-9H2,1-3H3. The summed E-state index contributed by atoms with van der Waals surface area (Å²) in [5, 5.41) is 0. The average molecular weight is 370 g/mol. The fourth-order valence-electron chi connectivity index (χ4n) is 2.00. The maximum atomic E-state index is 13.2. The first-order valence-electron chi connectivity index (χ1n) is 7.49. The van der Waals surface area contributed by atoms with Gasteiger partial charge in [-0.1, -0.05) is 0 Å². The summed E-state index contributed by atoms with van der Waals surface area (Å²) < 4.78 is 52.9. The van der Waals surface area contributed by atoms with E-state index in [-0.39, 0.29) is 10.6 Å². The Bertz CT molecular complexity index is 827. The summed E-state index contributed by atoms with van der Waals surface area (Å²) in [6.45, 7) is 1.56. The van der Waals surface area contributed by atoms with E-state index in [1.54, 1.807) is 6.07 Å². The van der Waals surface area contributed by atoms with Crippen molar-refractivity contribution < 1.29 is 17.2 Å². The topological polar surface area (TPSA) is 65.5 Å². The molecule has 25 heavy (non-hydrogen) atoms. The molecule has 0 amide bonds. The number of anilines is 2. The van der Waals surface area contributed by atoms with E-state index in [1.165, 1.54) is 12.3 Å². The van der Waals surface area contributed by atoms with Gasteiger partial charge in [0.05, 0.1) is 5.69 Å².